The first-order chi connectivity index (χ1) is 7.25. The second kappa shape index (κ2) is 3.82. The highest BCUT2D eigenvalue weighted by Gasteiger charge is 2.11. The molecule has 0 bridgehead atoms. The Labute approximate surface area is 85.1 Å². The highest BCUT2D eigenvalue weighted by Crippen LogP contribution is 2.24. The molecule has 0 saturated carbocycles. The third-order valence-corrected chi connectivity index (χ3v) is 1.84. The molecule has 0 fully saturated rings. The normalized spacial score (nSPS) is 14.4. The number of hydrogen-bond acceptors (Lipinski definition) is 5. The predicted octanol–water partition coefficient (Wildman–Crippen LogP) is 2.01. The van der Waals surface area contributed by atoms with Crippen molar-refractivity contribution in [1.82, 2.24) is 0 Å². The number of benzene rings is 1. The van der Waals surface area contributed by atoms with E-state index in [0.717, 1.165) is 5.56 Å². The van der Waals surface area contributed by atoms with Gasteiger partial charge in [0.05, 0.1) is 0 Å². The fraction of sp³-hybridized carbons (Fsp3) is 0.125. The molecule has 1 aliphatic rings. The van der Waals surface area contributed by atoms with Gasteiger partial charge in [-0.15, -0.1) is 10.2 Å². The summed E-state index contributed by atoms with van der Waals surface area (Å²) in [6, 6.07) is 6.38. The number of nitrogens with two attached hydrogens (primary N) is 1. The Morgan fingerprint density at radius 3 is 2.33 bits per heavy atom. The summed E-state index contributed by atoms with van der Waals surface area (Å²) >= 11 is 0. The quantitative estimate of drug-likeness (QED) is 0.755. The minimum Gasteiger partial charge on any atom is -0.351 e. The fourth-order valence-electron chi connectivity index (χ4n) is 1.18. The molecule has 1 aliphatic heterocycles. The number of anilines is 1. The molecule has 15 heavy (non-hydrogen) atoms. The van der Waals surface area contributed by atoms with E-state index in [1.807, 2.05) is 0 Å². The van der Waals surface area contributed by atoms with Crippen LogP contribution in [0.5, 0.6) is 0 Å². The zero-order chi connectivity index (χ0) is 10.7. The molecule has 7 heteroatoms. The lowest BCUT2D eigenvalue weighted by Crippen LogP contribution is -2.19. The van der Waals surface area contributed by atoms with Gasteiger partial charge in [-0.25, -0.2) is 4.79 Å². The fourth-order valence-corrected chi connectivity index (χ4v) is 1.18. The first-order valence-corrected chi connectivity index (χ1v) is 4.22. The van der Waals surface area contributed by atoms with E-state index in [2.05, 4.69) is 26.0 Å². The average molecular weight is 204 g/mol. The number of carbonyl (C=O) groups excluding carboxylic acids is 1. The summed E-state index contributed by atoms with van der Waals surface area (Å²) in [6.45, 7) is 0. The van der Waals surface area contributed by atoms with Crippen LogP contribution in [0.3, 0.4) is 0 Å². The van der Waals surface area contributed by atoms with E-state index >= 15 is 0 Å². The van der Waals surface area contributed by atoms with Crippen molar-refractivity contribution in [3.63, 3.8) is 0 Å². The third-order valence-electron chi connectivity index (χ3n) is 1.84. The Balaban J connectivity index is 2.13. The van der Waals surface area contributed by atoms with Crippen molar-refractivity contribution < 1.29 is 4.79 Å². The van der Waals surface area contributed by atoms with Crippen molar-refractivity contribution >= 4 is 11.7 Å². The van der Waals surface area contributed by atoms with Crippen molar-refractivity contribution in [2.75, 3.05) is 5.32 Å². The number of hydrogen-bond donors (Lipinski definition) is 2. The summed E-state index contributed by atoms with van der Waals surface area (Å²) in [4.78, 5) is 10.6. The van der Waals surface area contributed by atoms with Crippen molar-refractivity contribution in [3.8, 4) is 0 Å². The van der Waals surface area contributed by atoms with Crippen molar-refractivity contribution in [2.45, 2.75) is 6.17 Å². The van der Waals surface area contributed by atoms with Crippen LogP contribution in [0.1, 0.15) is 11.7 Å². The van der Waals surface area contributed by atoms with Crippen molar-refractivity contribution in [2.24, 2.45) is 26.4 Å². The van der Waals surface area contributed by atoms with Gasteiger partial charge in [-0.2, -0.15) is 0 Å². The Morgan fingerprint density at radius 1 is 1.20 bits per heavy atom. The van der Waals surface area contributed by atoms with Gasteiger partial charge in [0.15, 0.2) is 0 Å². The summed E-state index contributed by atoms with van der Waals surface area (Å²) < 4.78 is 0. The molecule has 1 heterocycles. The van der Waals surface area contributed by atoms with Gasteiger partial charge in [-0.1, -0.05) is 12.1 Å². The van der Waals surface area contributed by atoms with Crippen LogP contribution < -0.4 is 11.1 Å². The summed E-state index contributed by atoms with van der Waals surface area (Å²) in [6.07, 6.45) is -0.368. The van der Waals surface area contributed by atoms with Crippen LogP contribution in [0.4, 0.5) is 10.5 Å². The molecule has 0 aromatic heterocycles. The van der Waals surface area contributed by atoms with Crippen LogP contribution >= 0.6 is 0 Å². The molecule has 1 aromatic rings. The van der Waals surface area contributed by atoms with E-state index in [-0.39, 0.29) is 6.17 Å². The molecule has 0 atom stereocenters. The topological polar surface area (TPSA) is 105 Å². The molecule has 0 saturated heterocycles. The van der Waals surface area contributed by atoms with E-state index in [1.54, 1.807) is 24.3 Å². The molecule has 1 aromatic carbocycles. The maximum absolute atomic E-state index is 10.6. The van der Waals surface area contributed by atoms with Crippen LogP contribution in [0, 0.1) is 0 Å². The number of rotatable bonds is 2. The number of urea groups is 1. The first-order valence-electron chi connectivity index (χ1n) is 4.22. The lowest BCUT2D eigenvalue weighted by Gasteiger charge is -2.04. The van der Waals surface area contributed by atoms with E-state index < -0.39 is 6.03 Å². The monoisotopic (exact) mass is 204 g/mol. The van der Waals surface area contributed by atoms with Crippen LogP contribution in [-0.2, 0) is 0 Å². The average Bonchev–Trinajstić information content (AvgIpc) is 2.71. The molecule has 0 unspecified atom stereocenters. The molecule has 0 aliphatic carbocycles. The Kier molecular flexibility index (Phi) is 2.36. The van der Waals surface area contributed by atoms with Gasteiger partial charge in [-0.05, 0) is 22.6 Å². The van der Waals surface area contributed by atoms with E-state index in [9.17, 15) is 4.79 Å². The van der Waals surface area contributed by atoms with Crippen LogP contribution in [0.15, 0.2) is 44.9 Å². The second-order valence-electron chi connectivity index (χ2n) is 2.89. The summed E-state index contributed by atoms with van der Waals surface area (Å²) in [5.74, 6) is 0. The van der Waals surface area contributed by atoms with Gasteiger partial charge < -0.3 is 11.1 Å². The second-order valence-corrected chi connectivity index (χ2v) is 2.89. The van der Waals surface area contributed by atoms with Crippen molar-refractivity contribution in [3.05, 3.63) is 29.8 Å². The van der Waals surface area contributed by atoms with Gasteiger partial charge in [0, 0.05) is 11.3 Å². The molecule has 3 N–H and O–H groups in total. The molecule has 0 radical (unpaired) electrons. The summed E-state index contributed by atoms with van der Waals surface area (Å²) in [7, 11) is 0. The molecule has 7 nitrogen and oxygen atoms in total. The lowest BCUT2D eigenvalue weighted by atomic mass is 10.1. The van der Waals surface area contributed by atoms with Crippen molar-refractivity contribution in [1.29, 1.82) is 0 Å². The van der Waals surface area contributed by atoms with Gasteiger partial charge in [0.2, 0.25) is 6.17 Å². The maximum Gasteiger partial charge on any atom is 0.316 e. The first kappa shape index (κ1) is 9.25. The lowest BCUT2D eigenvalue weighted by molar-refractivity contribution is 0.259. The zero-order valence-corrected chi connectivity index (χ0v) is 7.66. The summed E-state index contributed by atoms with van der Waals surface area (Å²) in [5.41, 5.74) is 6.45. The smallest absolute Gasteiger partial charge is 0.316 e. The molecular weight excluding hydrogens is 196 g/mol. The number of nitrogens with zero attached hydrogens (tertiary/aromatic N) is 4. The third kappa shape index (κ3) is 2.13. The molecular formula is C8H8N6O. The maximum atomic E-state index is 10.6. The Morgan fingerprint density at radius 2 is 1.80 bits per heavy atom. The Bertz CT molecular complexity index is 411. The Hall–Kier alpha value is -2.31. The van der Waals surface area contributed by atoms with Gasteiger partial charge >= 0.3 is 6.03 Å². The SMILES string of the molecule is NC(=O)Nc1ccc(C2N=NN=N2)cc1. The predicted molar refractivity (Wildman–Crippen MR) is 52.1 cm³/mol. The highest BCUT2D eigenvalue weighted by molar-refractivity contribution is 5.87. The van der Waals surface area contributed by atoms with Crippen LogP contribution in [-0.4, -0.2) is 6.03 Å². The van der Waals surface area contributed by atoms with Crippen LogP contribution in [0.25, 0.3) is 0 Å². The van der Waals surface area contributed by atoms with Gasteiger partial charge in [0.25, 0.3) is 0 Å². The number of primary amides is 1. The summed E-state index contributed by atoms with van der Waals surface area (Å²) in [5, 5.41) is 16.8. The molecule has 0 spiro atoms. The van der Waals surface area contributed by atoms with E-state index in [4.69, 9.17) is 5.73 Å². The molecule has 2 amide bonds. The van der Waals surface area contributed by atoms with Gasteiger partial charge in [0.1, 0.15) is 0 Å². The largest absolute Gasteiger partial charge is 0.351 e. The van der Waals surface area contributed by atoms with Gasteiger partial charge in [-0.3, -0.25) is 0 Å². The highest BCUT2D eigenvalue weighted by atomic mass is 16.2. The van der Waals surface area contributed by atoms with E-state index in [0.29, 0.717) is 5.69 Å². The number of carbonyl (C=O) groups is 1. The minimum absolute atomic E-state index is 0.368. The minimum atomic E-state index is -0.594. The van der Waals surface area contributed by atoms with Crippen LogP contribution in [0.2, 0.25) is 0 Å². The number of amides is 2. The van der Waals surface area contributed by atoms with E-state index in [1.165, 1.54) is 0 Å². The number of nitrogens with one attached hydrogen (secondary N) is 1. The zero-order valence-electron chi connectivity index (χ0n) is 7.66. The standard InChI is InChI=1S/C8H8N6O/c9-8(15)10-6-3-1-5(2-4-6)7-11-13-14-12-7/h1-4,7H,(H3,9,10,15). The molecule has 2 rings (SSSR count). The molecule has 76 valence electrons.